The first-order chi connectivity index (χ1) is 13.0. The van der Waals surface area contributed by atoms with Crippen molar-refractivity contribution in [3.8, 4) is 0 Å². The highest BCUT2D eigenvalue weighted by Gasteiger charge is 2.23. The summed E-state index contributed by atoms with van der Waals surface area (Å²) in [6.45, 7) is 9.39. The number of aromatic amines is 1. The Hall–Kier alpha value is -2.09. The topological polar surface area (TPSA) is 77.1 Å². The zero-order valence-electron chi connectivity index (χ0n) is 15.9. The number of fused-ring (bicyclic) bond motifs is 1. The zero-order valence-corrected chi connectivity index (χ0v) is 16.7. The summed E-state index contributed by atoms with van der Waals surface area (Å²) in [7, 11) is 0. The molecule has 1 aromatic carbocycles. The molecule has 1 saturated heterocycles. The Balaban J connectivity index is 1.61. The molecule has 4 rings (SSSR count). The summed E-state index contributed by atoms with van der Waals surface area (Å²) in [6.07, 6.45) is 1.88. The van der Waals surface area contributed by atoms with Crippen molar-refractivity contribution >= 4 is 27.9 Å². The number of hydrogen-bond donors (Lipinski definition) is 1. The van der Waals surface area contributed by atoms with Gasteiger partial charge in [-0.15, -0.1) is 0 Å². The molecule has 0 bridgehead atoms. The summed E-state index contributed by atoms with van der Waals surface area (Å²) in [5, 5.41) is 0.505. The summed E-state index contributed by atoms with van der Waals surface area (Å²) in [5.74, 6) is 0.349. The van der Waals surface area contributed by atoms with Gasteiger partial charge in [0.25, 0.3) is 0 Å². The van der Waals surface area contributed by atoms with Crippen LogP contribution in [0.3, 0.4) is 0 Å². The number of morpholine rings is 1. The Bertz CT molecular complexity index is 966. The van der Waals surface area contributed by atoms with Gasteiger partial charge in [-0.25, -0.2) is 0 Å². The molecule has 0 spiro atoms. The van der Waals surface area contributed by atoms with Gasteiger partial charge in [0.1, 0.15) is 0 Å². The van der Waals surface area contributed by atoms with E-state index >= 15 is 0 Å². The standard InChI is InChI=1S/C20H24N4O2S/c1-13-4-5-16-17(10-13)23-20(22-16)27(25)12-18-15(3)19(14(2)11-21-18)24-6-8-26-9-7-24/h4-5,10-11H,6-9,12H2,1-3H3,(H,22,23). The predicted octanol–water partition coefficient (Wildman–Crippen LogP) is 3.03. The Labute approximate surface area is 162 Å². The average molecular weight is 385 g/mol. The van der Waals surface area contributed by atoms with Gasteiger partial charge >= 0.3 is 5.16 Å². The number of pyridine rings is 1. The van der Waals surface area contributed by atoms with Crippen LogP contribution in [0.2, 0.25) is 0 Å². The quantitative estimate of drug-likeness (QED) is 0.700. The lowest BCUT2D eigenvalue weighted by Crippen LogP contribution is -2.37. The SMILES string of the molecule is Cc1ccc2[nH]c([S+]([O-])Cc3ncc(C)c(N4CCOCC4)c3C)nc2c1. The van der Waals surface area contributed by atoms with Crippen LogP contribution in [0.4, 0.5) is 5.69 Å². The molecule has 3 aromatic rings. The molecule has 3 heterocycles. The third-order valence-corrected chi connectivity index (χ3v) is 6.16. The van der Waals surface area contributed by atoms with Gasteiger partial charge in [0, 0.05) is 36.1 Å². The number of imidazole rings is 1. The number of benzene rings is 1. The molecule has 1 unspecified atom stereocenters. The van der Waals surface area contributed by atoms with Crippen molar-refractivity contribution in [2.75, 3.05) is 31.2 Å². The highest BCUT2D eigenvalue weighted by Crippen LogP contribution is 2.29. The molecule has 1 N–H and O–H groups in total. The lowest BCUT2D eigenvalue weighted by molar-refractivity contribution is 0.122. The third kappa shape index (κ3) is 3.67. The molecule has 1 atom stereocenters. The van der Waals surface area contributed by atoms with E-state index in [2.05, 4.69) is 33.7 Å². The minimum Gasteiger partial charge on any atom is -0.609 e. The molecule has 1 fully saturated rings. The predicted molar refractivity (Wildman–Crippen MR) is 108 cm³/mol. The van der Waals surface area contributed by atoms with Gasteiger partial charge in [0.15, 0.2) is 5.75 Å². The van der Waals surface area contributed by atoms with Crippen molar-refractivity contribution in [2.24, 2.45) is 0 Å². The maximum Gasteiger partial charge on any atom is 0.322 e. The van der Waals surface area contributed by atoms with E-state index in [0.717, 1.165) is 59.7 Å². The summed E-state index contributed by atoms with van der Waals surface area (Å²) in [5.41, 5.74) is 7.18. The van der Waals surface area contributed by atoms with Crippen LogP contribution in [0.1, 0.15) is 22.4 Å². The highest BCUT2D eigenvalue weighted by atomic mass is 32.2. The van der Waals surface area contributed by atoms with Gasteiger partial charge in [0.05, 0.1) is 29.9 Å². The lowest BCUT2D eigenvalue weighted by atomic mass is 10.1. The molecule has 1 aliphatic heterocycles. The van der Waals surface area contributed by atoms with Crippen LogP contribution < -0.4 is 4.90 Å². The van der Waals surface area contributed by atoms with E-state index < -0.39 is 11.2 Å². The van der Waals surface area contributed by atoms with E-state index in [9.17, 15) is 4.55 Å². The maximum atomic E-state index is 12.9. The minimum atomic E-state index is -1.28. The van der Waals surface area contributed by atoms with Crippen molar-refractivity contribution in [2.45, 2.75) is 31.7 Å². The molecule has 6 nitrogen and oxygen atoms in total. The van der Waals surface area contributed by atoms with E-state index in [0.29, 0.717) is 10.9 Å². The largest absolute Gasteiger partial charge is 0.609 e. The average Bonchev–Trinajstić information content (AvgIpc) is 3.08. The number of aromatic nitrogens is 3. The monoisotopic (exact) mass is 384 g/mol. The molecule has 0 aliphatic carbocycles. The number of ether oxygens (including phenoxy) is 1. The fourth-order valence-electron chi connectivity index (χ4n) is 3.58. The van der Waals surface area contributed by atoms with Gasteiger partial charge in [0.2, 0.25) is 0 Å². The maximum absolute atomic E-state index is 12.9. The lowest BCUT2D eigenvalue weighted by Gasteiger charge is -2.31. The molecule has 0 radical (unpaired) electrons. The summed E-state index contributed by atoms with van der Waals surface area (Å²) in [6, 6.07) is 6.00. The Morgan fingerprint density at radius 1 is 1.22 bits per heavy atom. The second-order valence-corrected chi connectivity index (χ2v) is 8.38. The number of anilines is 1. The molecular formula is C20H24N4O2S. The molecule has 2 aromatic heterocycles. The van der Waals surface area contributed by atoms with E-state index in [1.807, 2.05) is 31.3 Å². The highest BCUT2D eigenvalue weighted by molar-refractivity contribution is 7.90. The van der Waals surface area contributed by atoms with Gasteiger partial charge in [-0.05, 0) is 49.6 Å². The minimum absolute atomic E-state index is 0.349. The molecule has 1 aliphatic rings. The normalized spacial score (nSPS) is 16.1. The van der Waals surface area contributed by atoms with Crippen molar-refractivity contribution in [3.05, 3.63) is 46.8 Å². The van der Waals surface area contributed by atoms with Crippen molar-refractivity contribution in [1.82, 2.24) is 15.0 Å². The summed E-state index contributed by atoms with van der Waals surface area (Å²) >= 11 is -1.28. The molecule has 0 saturated carbocycles. The number of nitrogens with one attached hydrogen (secondary N) is 1. The molecule has 142 valence electrons. The van der Waals surface area contributed by atoms with Gasteiger partial charge in [-0.3, -0.25) is 9.97 Å². The first-order valence-electron chi connectivity index (χ1n) is 9.15. The van der Waals surface area contributed by atoms with Crippen molar-refractivity contribution in [3.63, 3.8) is 0 Å². The number of H-pyrrole nitrogens is 1. The van der Waals surface area contributed by atoms with E-state index in [-0.39, 0.29) is 0 Å². The fourth-order valence-corrected chi connectivity index (χ4v) is 4.68. The Morgan fingerprint density at radius 2 is 2.00 bits per heavy atom. The summed E-state index contributed by atoms with van der Waals surface area (Å²) in [4.78, 5) is 14.6. The van der Waals surface area contributed by atoms with Gasteiger partial charge in [-0.2, -0.15) is 4.98 Å². The van der Waals surface area contributed by atoms with Crippen LogP contribution >= 0.6 is 0 Å². The fraction of sp³-hybridized carbons (Fsp3) is 0.400. The summed E-state index contributed by atoms with van der Waals surface area (Å²) < 4.78 is 18.4. The third-order valence-electron chi connectivity index (χ3n) is 5.00. The number of rotatable bonds is 4. The molecular weight excluding hydrogens is 360 g/mol. The van der Waals surface area contributed by atoms with Crippen molar-refractivity contribution in [1.29, 1.82) is 0 Å². The molecule has 0 amide bonds. The second-order valence-electron chi connectivity index (χ2n) is 7.01. The van der Waals surface area contributed by atoms with Crippen LogP contribution in [-0.4, -0.2) is 45.8 Å². The zero-order chi connectivity index (χ0) is 19.0. The van der Waals surface area contributed by atoms with Crippen LogP contribution in [0.15, 0.2) is 29.6 Å². The van der Waals surface area contributed by atoms with Crippen molar-refractivity contribution < 1.29 is 9.29 Å². The number of aryl methyl sites for hydroxylation is 2. The molecule has 7 heteroatoms. The first kappa shape index (κ1) is 18.3. The smallest absolute Gasteiger partial charge is 0.322 e. The number of nitrogens with zero attached hydrogens (tertiary/aromatic N) is 3. The molecule has 27 heavy (non-hydrogen) atoms. The van der Waals surface area contributed by atoms with Crippen LogP contribution in [-0.2, 0) is 21.7 Å². The Morgan fingerprint density at radius 3 is 2.78 bits per heavy atom. The Kier molecular flexibility index (Phi) is 5.08. The van der Waals surface area contributed by atoms with Crippen LogP contribution in [0.5, 0.6) is 0 Å². The number of hydrogen-bond acceptors (Lipinski definition) is 5. The van der Waals surface area contributed by atoms with E-state index in [4.69, 9.17) is 4.74 Å². The van der Waals surface area contributed by atoms with Gasteiger partial charge < -0.3 is 14.2 Å². The van der Waals surface area contributed by atoms with Crippen LogP contribution in [0.25, 0.3) is 11.0 Å². The van der Waals surface area contributed by atoms with E-state index in [1.54, 1.807) is 0 Å². The second kappa shape index (κ2) is 7.50. The first-order valence-corrected chi connectivity index (χ1v) is 10.5. The van der Waals surface area contributed by atoms with Gasteiger partial charge in [-0.1, -0.05) is 6.07 Å². The van der Waals surface area contributed by atoms with E-state index in [1.165, 1.54) is 5.69 Å². The van der Waals surface area contributed by atoms with Crippen LogP contribution in [0, 0.1) is 20.8 Å².